The minimum Gasteiger partial charge on any atom is -0.491 e. The third-order valence-electron chi connectivity index (χ3n) is 4.79. The van der Waals surface area contributed by atoms with Gasteiger partial charge in [0.1, 0.15) is 18.5 Å². The molecule has 0 N–H and O–H groups in total. The molecular formula is C22H21ClN2O4. The van der Waals surface area contributed by atoms with Crippen molar-refractivity contribution in [1.29, 1.82) is 0 Å². The summed E-state index contributed by atoms with van der Waals surface area (Å²) in [6.45, 7) is 2.72. The standard InChI is InChI=1S/C22H21ClN2O4/c1-16(26)17-2-8-20(9-3-17)27-12-21-13-28-22(29-21,14-25-11-10-24-15-25)18-4-6-19(23)7-5-18/h2-11,15,21H,12-14H2,1H3. The van der Waals surface area contributed by atoms with Crippen LogP contribution in [0.2, 0.25) is 5.02 Å². The molecule has 7 heteroatoms. The molecule has 2 unspecified atom stereocenters. The van der Waals surface area contributed by atoms with Crippen LogP contribution in [0.25, 0.3) is 0 Å². The Labute approximate surface area is 174 Å². The van der Waals surface area contributed by atoms with Crippen LogP contribution in [0.1, 0.15) is 22.8 Å². The second-order valence-electron chi connectivity index (χ2n) is 6.94. The summed E-state index contributed by atoms with van der Waals surface area (Å²) >= 11 is 6.05. The first-order chi connectivity index (χ1) is 14.0. The number of carbonyl (C=O) groups excluding carboxylic acids is 1. The maximum atomic E-state index is 11.4. The fourth-order valence-corrected chi connectivity index (χ4v) is 3.40. The molecule has 0 saturated carbocycles. The minimum atomic E-state index is -0.947. The number of halogens is 1. The largest absolute Gasteiger partial charge is 0.491 e. The lowest BCUT2D eigenvalue weighted by molar-refractivity contribution is -0.189. The zero-order valence-electron chi connectivity index (χ0n) is 16.0. The lowest BCUT2D eigenvalue weighted by Gasteiger charge is -2.29. The van der Waals surface area contributed by atoms with Gasteiger partial charge in [-0.1, -0.05) is 23.7 Å². The van der Waals surface area contributed by atoms with E-state index in [-0.39, 0.29) is 11.9 Å². The summed E-state index contributed by atoms with van der Waals surface area (Å²) < 4.78 is 20.3. The van der Waals surface area contributed by atoms with Crippen LogP contribution in [0.5, 0.6) is 5.75 Å². The SMILES string of the molecule is CC(=O)c1ccc(OCC2COC(Cn3ccnc3)(c3ccc(Cl)cc3)O2)cc1. The van der Waals surface area contributed by atoms with Gasteiger partial charge in [0.15, 0.2) is 5.78 Å². The molecule has 0 aliphatic carbocycles. The predicted molar refractivity (Wildman–Crippen MR) is 108 cm³/mol. The molecule has 2 heterocycles. The van der Waals surface area contributed by atoms with E-state index in [1.54, 1.807) is 36.8 Å². The van der Waals surface area contributed by atoms with Gasteiger partial charge in [-0.2, -0.15) is 0 Å². The fourth-order valence-electron chi connectivity index (χ4n) is 3.27. The minimum absolute atomic E-state index is 0.0244. The Bertz CT molecular complexity index is 957. The normalized spacial score (nSPS) is 21.2. The number of imidazole rings is 1. The Balaban J connectivity index is 1.47. The zero-order valence-corrected chi connectivity index (χ0v) is 16.7. The molecule has 2 atom stereocenters. The average molecular weight is 413 g/mol. The number of hydrogen-bond acceptors (Lipinski definition) is 5. The molecule has 4 rings (SSSR count). The van der Waals surface area contributed by atoms with E-state index >= 15 is 0 Å². The average Bonchev–Trinajstić information content (AvgIpc) is 3.38. The van der Waals surface area contributed by atoms with Crippen LogP contribution in [-0.4, -0.2) is 34.7 Å². The van der Waals surface area contributed by atoms with E-state index in [9.17, 15) is 4.79 Å². The molecule has 6 nitrogen and oxygen atoms in total. The van der Waals surface area contributed by atoms with Crippen molar-refractivity contribution in [1.82, 2.24) is 9.55 Å². The predicted octanol–water partition coefficient (Wildman–Crippen LogP) is 4.09. The van der Waals surface area contributed by atoms with Crippen LogP contribution < -0.4 is 4.74 Å². The van der Waals surface area contributed by atoms with Crippen LogP contribution in [0.3, 0.4) is 0 Å². The summed E-state index contributed by atoms with van der Waals surface area (Å²) in [5.41, 5.74) is 1.53. The van der Waals surface area contributed by atoms with Crippen molar-refractivity contribution in [3.63, 3.8) is 0 Å². The summed E-state index contributed by atoms with van der Waals surface area (Å²) in [5.74, 6) is -0.244. The molecule has 2 aromatic carbocycles. The van der Waals surface area contributed by atoms with Crippen molar-refractivity contribution in [2.24, 2.45) is 0 Å². The van der Waals surface area contributed by atoms with Crippen LogP contribution in [0, 0.1) is 0 Å². The van der Waals surface area contributed by atoms with E-state index in [2.05, 4.69) is 4.98 Å². The highest BCUT2D eigenvalue weighted by Crippen LogP contribution is 2.36. The molecule has 3 aromatic rings. The summed E-state index contributed by atoms with van der Waals surface area (Å²) in [4.78, 5) is 15.5. The highest BCUT2D eigenvalue weighted by Gasteiger charge is 2.44. The lowest BCUT2D eigenvalue weighted by atomic mass is 10.1. The number of benzene rings is 2. The number of Topliss-reactive ketones (excluding diaryl/α,β-unsaturated/α-hetero) is 1. The monoisotopic (exact) mass is 412 g/mol. The van der Waals surface area contributed by atoms with Gasteiger partial charge in [0.05, 0.1) is 19.5 Å². The Morgan fingerprint density at radius 2 is 2.00 bits per heavy atom. The van der Waals surface area contributed by atoms with Crippen molar-refractivity contribution in [3.8, 4) is 5.75 Å². The van der Waals surface area contributed by atoms with Crippen molar-refractivity contribution in [2.75, 3.05) is 13.2 Å². The van der Waals surface area contributed by atoms with Gasteiger partial charge in [-0.3, -0.25) is 4.79 Å². The van der Waals surface area contributed by atoms with Crippen LogP contribution >= 0.6 is 11.6 Å². The molecule has 0 radical (unpaired) electrons. The molecule has 29 heavy (non-hydrogen) atoms. The fraction of sp³-hybridized carbons (Fsp3) is 0.273. The highest BCUT2D eigenvalue weighted by atomic mass is 35.5. The second-order valence-corrected chi connectivity index (χ2v) is 7.37. The quantitative estimate of drug-likeness (QED) is 0.547. The van der Waals surface area contributed by atoms with Crippen LogP contribution in [0.15, 0.2) is 67.3 Å². The molecule has 0 amide bonds. The summed E-state index contributed by atoms with van der Waals surface area (Å²) in [6.07, 6.45) is 5.06. The van der Waals surface area contributed by atoms with Crippen molar-refractivity contribution < 1.29 is 19.0 Å². The third-order valence-corrected chi connectivity index (χ3v) is 5.04. The van der Waals surface area contributed by atoms with Gasteiger partial charge in [-0.05, 0) is 43.3 Å². The van der Waals surface area contributed by atoms with Gasteiger partial charge in [0, 0.05) is 28.5 Å². The number of ether oxygens (including phenoxy) is 3. The first-order valence-corrected chi connectivity index (χ1v) is 9.69. The molecule has 150 valence electrons. The van der Waals surface area contributed by atoms with Crippen LogP contribution in [0.4, 0.5) is 0 Å². The summed E-state index contributed by atoms with van der Waals surface area (Å²) in [5, 5.41) is 0.651. The van der Waals surface area contributed by atoms with E-state index in [1.165, 1.54) is 6.92 Å². The van der Waals surface area contributed by atoms with E-state index in [0.717, 1.165) is 5.56 Å². The van der Waals surface area contributed by atoms with Crippen LogP contribution in [-0.2, 0) is 21.8 Å². The second kappa shape index (κ2) is 8.37. The zero-order chi connectivity index (χ0) is 20.3. The molecule has 1 aliphatic rings. The molecule has 0 spiro atoms. The Kier molecular flexibility index (Phi) is 5.67. The van der Waals surface area contributed by atoms with Crippen molar-refractivity contribution >= 4 is 17.4 Å². The number of rotatable bonds is 7. The van der Waals surface area contributed by atoms with E-state index < -0.39 is 5.79 Å². The first-order valence-electron chi connectivity index (χ1n) is 9.31. The van der Waals surface area contributed by atoms with Crippen molar-refractivity contribution in [2.45, 2.75) is 25.4 Å². The number of aromatic nitrogens is 2. The maximum Gasteiger partial charge on any atom is 0.214 e. The number of hydrogen-bond donors (Lipinski definition) is 0. The first kappa shape index (κ1) is 19.6. The Hall–Kier alpha value is -2.67. The van der Waals surface area contributed by atoms with Crippen molar-refractivity contribution in [3.05, 3.63) is 83.4 Å². The van der Waals surface area contributed by atoms with E-state index in [0.29, 0.717) is 36.1 Å². The lowest BCUT2D eigenvalue weighted by Crippen LogP contribution is -2.34. The van der Waals surface area contributed by atoms with Gasteiger partial charge >= 0.3 is 0 Å². The molecule has 1 fully saturated rings. The number of ketones is 1. The molecule has 0 bridgehead atoms. The van der Waals surface area contributed by atoms with E-state index in [4.69, 9.17) is 25.8 Å². The smallest absolute Gasteiger partial charge is 0.214 e. The van der Waals surface area contributed by atoms with Gasteiger partial charge < -0.3 is 18.8 Å². The summed E-state index contributed by atoms with van der Waals surface area (Å²) in [7, 11) is 0. The van der Waals surface area contributed by atoms with Gasteiger partial charge in [0.25, 0.3) is 0 Å². The molecule has 1 saturated heterocycles. The highest BCUT2D eigenvalue weighted by molar-refractivity contribution is 6.30. The molecule has 1 aliphatic heterocycles. The number of carbonyl (C=O) groups is 1. The Morgan fingerprint density at radius 1 is 1.24 bits per heavy atom. The molecular weight excluding hydrogens is 392 g/mol. The van der Waals surface area contributed by atoms with Gasteiger partial charge in [-0.25, -0.2) is 4.98 Å². The number of nitrogens with zero attached hydrogens (tertiary/aromatic N) is 2. The Morgan fingerprint density at radius 3 is 2.66 bits per heavy atom. The van der Waals surface area contributed by atoms with E-state index in [1.807, 2.05) is 35.0 Å². The molecule has 1 aromatic heterocycles. The van der Waals surface area contributed by atoms with Gasteiger partial charge in [0.2, 0.25) is 5.79 Å². The maximum absolute atomic E-state index is 11.4. The summed E-state index contributed by atoms with van der Waals surface area (Å²) in [6, 6.07) is 14.5. The van der Waals surface area contributed by atoms with Gasteiger partial charge in [-0.15, -0.1) is 0 Å². The third kappa shape index (κ3) is 4.50. The topological polar surface area (TPSA) is 62.6 Å².